The van der Waals surface area contributed by atoms with Gasteiger partial charge in [-0.25, -0.2) is 24.3 Å². The van der Waals surface area contributed by atoms with Gasteiger partial charge in [0.2, 0.25) is 5.95 Å². The van der Waals surface area contributed by atoms with E-state index >= 15 is 0 Å². The van der Waals surface area contributed by atoms with Gasteiger partial charge in [-0.2, -0.15) is 0 Å². The van der Waals surface area contributed by atoms with Crippen molar-refractivity contribution in [3.05, 3.63) is 54.0 Å². The average Bonchev–Trinajstić information content (AvgIpc) is 2.85. The van der Waals surface area contributed by atoms with Crippen molar-refractivity contribution in [3.8, 4) is 22.4 Å². The highest BCUT2D eigenvalue weighted by atomic mass is 19.1. The molecule has 3 aromatic rings. The molecule has 8 heteroatoms. The van der Waals surface area contributed by atoms with Gasteiger partial charge in [0.1, 0.15) is 11.6 Å². The van der Waals surface area contributed by atoms with Crippen LogP contribution in [0.2, 0.25) is 0 Å². The Balaban J connectivity index is 1.55. The van der Waals surface area contributed by atoms with Crippen molar-refractivity contribution in [2.75, 3.05) is 51.2 Å². The van der Waals surface area contributed by atoms with Crippen molar-refractivity contribution in [2.24, 2.45) is 0 Å². The predicted octanol–water partition coefficient (Wildman–Crippen LogP) is 3.27. The molecule has 4 heterocycles. The number of aromatic nitrogens is 4. The second-order valence-corrected chi connectivity index (χ2v) is 8.98. The smallest absolute Gasteiger partial charge is 0.225 e. The molecule has 172 valence electrons. The maximum absolute atomic E-state index is 13.6. The molecule has 0 saturated carbocycles. The van der Waals surface area contributed by atoms with Crippen LogP contribution in [-0.4, -0.2) is 71.2 Å². The highest BCUT2D eigenvalue weighted by molar-refractivity contribution is 5.81. The topological polar surface area (TPSA) is 70.1 Å². The SMILES string of the molecule is Cc1nc(C2CCNCC2)ncc1-c1nc(N2CCN(C)CC2)ncc1-c1ccc(F)cc1. The zero-order valence-corrected chi connectivity index (χ0v) is 19.3. The number of hydrogen-bond donors (Lipinski definition) is 1. The van der Waals surface area contributed by atoms with Crippen molar-refractivity contribution in [3.63, 3.8) is 0 Å². The van der Waals surface area contributed by atoms with Gasteiger partial charge in [0, 0.05) is 55.6 Å². The van der Waals surface area contributed by atoms with Gasteiger partial charge >= 0.3 is 0 Å². The van der Waals surface area contributed by atoms with Crippen LogP contribution in [0.25, 0.3) is 22.4 Å². The summed E-state index contributed by atoms with van der Waals surface area (Å²) in [6.07, 6.45) is 5.87. The van der Waals surface area contributed by atoms with Crippen LogP contribution in [-0.2, 0) is 0 Å². The van der Waals surface area contributed by atoms with Crippen LogP contribution in [0.4, 0.5) is 10.3 Å². The van der Waals surface area contributed by atoms with Crippen LogP contribution < -0.4 is 10.2 Å². The van der Waals surface area contributed by atoms with Crippen molar-refractivity contribution < 1.29 is 4.39 Å². The Morgan fingerprint density at radius 1 is 0.909 bits per heavy atom. The lowest BCUT2D eigenvalue weighted by Crippen LogP contribution is -2.45. The Morgan fingerprint density at radius 3 is 2.30 bits per heavy atom. The van der Waals surface area contributed by atoms with E-state index in [2.05, 4.69) is 27.1 Å². The third-order valence-corrected chi connectivity index (χ3v) is 6.67. The number of halogens is 1. The summed E-state index contributed by atoms with van der Waals surface area (Å²) in [5, 5.41) is 3.40. The van der Waals surface area contributed by atoms with Gasteiger partial charge in [-0.15, -0.1) is 0 Å². The second kappa shape index (κ2) is 9.49. The monoisotopic (exact) mass is 447 g/mol. The van der Waals surface area contributed by atoms with Gasteiger partial charge in [-0.05, 0) is 57.6 Å². The van der Waals surface area contributed by atoms with E-state index in [1.807, 2.05) is 19.3 Å². The van der Waals surface area contributed by atoms with Crippen LogP contribution in [0, 0.1) is 12.7 Å². The Kier molecular flexibility index (Phi) is 6.28. The largest absolute Gasteiger partial charge is 0.338 e. The van der Waals surface area contributed by atoms with E-state index in [0.717, 1.165) is 86.0 Å². The first-order valence-corrected chi connectivity index (χ1v) is 11.7. The molecule has 2 fully saturated rings. The van der Waals surface area contributed by atoms with E-state index in [4.69, 9.17) is 15.0 Å². The molecule has 2 aliphatic heterocycles. The number of nitrogens with zero attached hydrogens (tertiary/aromatic N) is 6. The van der Waals surface area contributed by atoms with E-state index in [0.29, 0.717) is 11.9 Å². The molecule has 0 spiro atoms. The first-order valence-electron chi connectivity index (χ1n) is 11.7. The molecule has 2 saturated heterocycles. The average molecular weight is 448 g/mol. The van der Waals surface area contributed by atoms with E-state index < -0.39 is 0 Å². The number of anilines is 1. The molecule has 1 aromatic carbocycles. The summed E-state index contributed by atoms with van der Waals surface area (Å²) in [6, 6.07) is 6.48. The molecule has 33 heavy (non-hydrogen) atoms. The van der Waals surface area contributed by atoms with E-state index in [9.17, 15) is 4.39 Å². The number of aryl methyl sites for hydroxylation is 1. The maximum atomic E-state index is 13.6. The second-order valence-electron chi connectivity index (χ2n) is 8.98. The molecular weight excluding hydrogens is 417 g/mol. The Bertz CT molecular complexity index is 1100. The normalized spacial score (nSPS) is 18.0. The number of benzene rings is 1. The van der Waals surface area contributed by atoms with Crippen LogP contribution in [0.5, 0.6) is 0 Å². The number of nitrogens with one attached hydrogen (secondary N) is 1. The lowest BCUT2D eigenvalue weighted by Gasteiger charge is -2.32. The standard InChI is InChI=1S/C25H30FN7/c1-17-21(15-28-24(30-17)19-7-9-27-10-8-19)23-22(18-3-5-20(26)6-4-18)16-29-25(31-23)33-13-11-32(2)12-14-33/h3-6,15-16,19,27H,7-14H2,1-2H3. The van der Waals surface area contributed by atoms with Gasteiger partial charge in [-0.1, -0.05) is 12.1 Å². The van der Waals surface area contributed by atoms with Gasteiger partial charge in [0.15, 0.2) is 0 Å². The third kappa shape index (κ3) is 4.72. The Labute approximate surface area is 194 Å². The zero-order chi connectivity index (χ0) is 22.8. The summed E-state index contributed by atoms with van der Waals surface area (Å²) in [5.74, 6) is 1.75. The van der Waals surface area contributed by atoms with E-state index in [-0.39, 0.29) is 5.82 Å². The van der Waals surface area contributed by atoms with Crippen LogP contribution >= 0.6 is 0 Å². The molecule has 0 radical (unpaired) electrons. The van der Waals surface area contributed by atoms with Gasteiger partial charge < -0.3 is 15.1 Å². The Morgan fingerprint density at radius 2 is 1.61 bits per heavy atom. The lowest BCUT2D eigenvalue weighted by molar-refractivity contribution is 0.311. The van der Waals surface area contributed by atoms with E-state index in [1.54, 1.807) is 12.1 Å². The fraction of sp³-hybridized carbons (Fsp3) is 0.440. The van der Waals surface area contributed by atoms with Crippen LogP contribution in [0.15, 0.2) is 36.7 Å². The summed E-state index contributed by atoms with van der Waals surface area (Å²) < 4.78 is 13.6. The molecular formula is C25H30FN7. The first-order chi connectivity index (χ1) is 16.1. The molecule has 2 aliphatic rings. The molecule has 0 amide bonds. The summed E-state index contributed by atoms with van der Waals surface area (Å²) in [6.45, 7) is 7.75. The molecule has 0 unspecified atom stereocenters. The highest BCUT2D eigenvalue weighted by Crippen LogP contribution is 2.33. The number of rotatable bonds is 4. The van der Waals surface area contributed by atoms with Crippen molar-refractivity contribution >= 4 is 5.95 Å². The Hall–Kier alpha value is -2.97. The summed E-state index contributed by atoms with van der Waals surface area (Å²) in [4.78, 5) is 23.9. The summed E-state index contributed by atoms with van der Waals surface area (Å²) >= 11 is 0. The number of hydrogen-bond acceptors (Lipinski definition) is 7. The van der Waals surface area contributed by atoms with E-state index in [1.165, 1.54) is 12.1 Å². The summed E-state index contributed by atoms with van der Waals surface area (Å²) in [7, 11) is 2.13. The fourth-order valence-corrected chi connectivity index (χ4v) is 4.57. The predicted molar refractivity (Wildman–Crippen MR) is 128 cm³/mol. The zero-order valence-electron chi connectivity index (χ0n) is 19.3. The van der Waals surface area contributed by atoms with Gasteiger partial charge in [0.05, 0.1) is 11.4 Å². The van der Waals surface area contributed by atoms with Crippen molar-refractivity contribution in [1.82, 2.24) is 30.2 Å². The molecule has 0 atom stereocenters. The fourth-order valence-electron chi connectivity index (χ4n) is 4.57. The molecule has 5 rings (SSSR count). The summed E-state index contributed by atoms with van der Waals surface area (Å²) in [5.41, 5.74) is 4.32. The number of likely N-dealkylation sites (N-methyl/N-ethyl adjacent to an activating group) is 1. The molecule has 1 N–H and O–H groups in total. The first kappa shape index (κ1) is 21.9. The number of piperidine rings is 1. The molecule has 0 aliphatic carbocycles. The maximum Gasteiger partial charge on any atom is 0.225 e. The highest BCUT2D eigenvalue weighted by Gasteiger charge is 2.22. The molecule has 7 nitrogen and oxygen atoms in total. The van der Waals surface area contributed by atoms with Crippen molar-refractivity contribution in [1.29, 1.82) is 0 Å². The number of piperazine rings is 1. The van der Waals surface area contributed by atoms with Crippen molar-refractivity contribution in [2.45, 2.75) is 25.7 Å². The molecule has 0 bridgehead atoms. The minimum absolute atomic E-state index is 0.263. The quantitative estimate of drug-likeness (QED) is 0.658. The minimum atomic E-state index is -0.263. The minimum Gasteiger partial charge on any atom is -0.338 e. The van der Waals surface area contributed by atoms with Crippen LogP contribution in [0.1, 0.15) is 30.3 Å². The lowest BCUT2D eigenvalue weighted by atomic mass is 9.96. The molecule has 2 aromatic heterocycles. The van der Waals surface area contributed by atoms with Gasteiger partial charge in [-0.3, -0.25) is 0 Å². The van der Waals surface area contributed by atoms with Crippen LogP contribution in [0.3, 0.4) is 0 Å². The van der Waals surface area contributed by atoms with Gasteiger partial charge in [0.25, 0.3) is 0 Å². The third-order valence-electron chi connectivity index (χ3n) is 6.67.